The van der Waals surface area contributed by atoms with Gasteiger partial charge in [0.05, 0.1) is 11.1 Å². The summed E-state index contributed by atoms with van der Waals surface area (Å²) in [4.78, 5) is 15.6. The zero-order valence-corrected chi connectivity index (χ0v) is 10.8. The van der Waals surface area contributed by atoms with E-state index in [-0.39, 0.29) is 22.9 Å². The van der Waals surface area contributed by atoms with Gasteiger partial charge in [0.15, 0.2) is 5.78 Å². The number of alkyl halides is 3. The Labute approximate surface area is 119 Å². The number of carbonyl (C=O) groups is 1. The predicted molar refractivity (Wildman–Crippen MR) is 73.5 cm³/mol. The van der Waals surface area contributed by atoms with Crippen LogP contribution in [0.25, 0.3) is 0 Å². The maximum atomic E-state index is 12.7. The van der Waals surface area contributed by atoms with E-state index in [1.807, 2.05) is 0 Å². The molecule has 0 saturated carbocycles. The second-order valence-corrected chi connectivity index (χ2v) is 4.17. The van der Waals surface area contributed by atoms with Crippen LogP contribution in [0, 0.1) is 0 Å². The number of nitrogens with zero attached hydrogens (tertiary/aromatic N) is 1. The molecular formula is C15H11F3N2O. The Morgan fingerprint density at radius 1 is 1.24 bits per heavy atom. The lowest BCUT2D eigenvalue weighted by Gasteiger charge is -2.11. The van der Waals surface area contributed by atoms with Crippen molar-refractivity contribution in [3.8, 4) is 0 Å². The molecule has 1 aromatic heterocycles. The molecule has 0 aliphatic heterocycles. The Kier molecular flexibility index (Phi) is 4.07. The normalized spacial score (nSPS) is 11.0. The third-order valence-electron chi connectivity index (χ3n) is 2.71. The third-order valence-corrected chi connectivity index (χ3v) is 2.71. The summed E-state index contributed by atoms with van der Waals surface area (Å²) in [7, 11) is 0. The van der Waals surface area contributed by atoms with Crippen LogP contribution >= 0.6 is 0 Å². The summed E-state index contributed by atoms with van der Waals surface area (Å²) in [5, 5.41) is 2.72. The van der Waals surface area contributed by atoms with Crippen LogP contribution in [0.4, 0.5) is 24.7 Å². The third kappa shape index (κ3) is 3.47. The van der Waals surface area contributed by atoms with Gasteiger partial charge in [0, 0.05) is 11.9 Å². The van der Waals surface area contributed by atoms with Crippen molar-refractivity contribution in [2.24, 2.45) is 0 Å². The fourth-order valence-corrected chi connectivity index (χ4v) is 1.72. The molecule has 1 aromatic carbocycles. The Balaban J connectivity index is 2.35. The lowest BCUT2D eigenvalue weighted by Crippen LogP contribution is -2.06. The van der Waals surface area contributed by atoms with E-state index in [0.29, 0.717) is 0 Å². The monoisotopic (exact) mass is 292 g/mol. The molecule has 0 saturated heterocycles. The van der Waals surface area contributed by atoms with E-state index in [1.165, 1.54) is 24.4 Å². The van der Waals surface area contributed by atoms with Crippen LogP contribution < -0.4 is 5.32 Å². The average molecular weight is 292 g/mol. The smallest absolute Gasteiger partial charge is 0.340 e. The zero-order valence-electron chi connectivity index (χ0n) is 10.8. The van der Waals surface area contributed by atoms with Crippen LogP contribution in [0.1, 0.15) is 15.9 Å². The first-order chi connectivity index (χ1) is 9.91. The first-order valence-corrected chi connectivity index (χ1v) is 5.98. The first kappa shape index (κ1) is 14.8. The fraction of sp³-hybridized carbons (Fsp3) is 0.0667. The standard InChI is InChI=1S/C15H11F3N2O/c1-2-13(21)12-7-4-8-19-14(12)20-11-6-3-5-10(9-11)15(16,17)18/h2-9H,1H2,(H,19,20). The molecule has 0 atom stereocenters. The van der Waals surface area contributed by atoms with Gasteiger partial charge in [0.1, 0.15) is 5.82 Å². The van der Waals surface area contributed by atoms with E-state index in [4.69, 9.17) is 0 Å². The van der Waals surface area contributed by atoms with Gasteiger partial charge in [-0.2, -0.15) is 13.2 Å². The largest absolute Gasteiger partial charge is 0.416 e. The molecule has 2 rings (SSSR count). The van der Waals surface area contributed by atoms with Crippen LogP contribution in [0.5, 0.6) is 0 Å². The molecule has 1 heterocycles. The van der Waals surface area contributed by atoms with Crippen molar-refractivity contribution >= 4 is 17.3 Å². The van der Waals surface area contributed by atoms with Gasteiger partial charge < -0.3 is 5.32 Å². The van der Waals surface area contributed by atoms with Crippen LogP contribution in [0.3, 0.4) is 0 Å². The van der Waals surface area contributed by atoms with Crippen LogP contribution in [0.2, 0.25) is 0 Å². The predicted octanol–water partition coefficient (Wildman–Crippen LogP) is 4.21. The number of hydrogen-bond donors (Lipinski definition) is 1. The Morgan fingerprint density at radius 3 is 2.67 bits per heavy atom. The Hall–Kier alpha value is -2.63. The molecule has 108 valence electrons. The maximum absolute atomic E-state index is 12.7. The summed E-state index contributed by atoms with van der Waals surface area (Å²) in [6.07, 6.45) is -1.87. The van der Waals surface area contributed by atoms with Gasteiger partial charge in [-0.1, -0.05) is 12.6 Å². The minimum atomic E-state index is -4.43. The first-order valence-electron chi connectivity index (χ1n) is 5.98. The van der Waals surface area contributed by atoms with Gasteiger partial charge in [0.2, 0.25) is 0 Å². The minimum absolute atomic E-state index is 0.182. The topological polar surface area (TPSA) is 42.0 Å². The van der Waals surface area contributed by atoms with Gasteiger partial charge in [-0.25, -0.2) is 4.98 Å². The highest BCUT2D eigenvalue weighted by Gasteiger charge is 2.30. The van der Waals surface area contributed by atoms with Crippen molar-refractivity contribution in [2.45, 2.75) is 6.18 Å². The number of carbonyl (C=O) groups excluding carboxylic acids is 1. The number of nitrogens with one attached hydrogen (secondary N) is 1. The quantitative estimate of drug-likeness (QED) is 0.678. The highest BCUT2D eigenvalue weighted by Crippen LogP contribution is 2.31. The zero-order chi connectivity index (χ0) is 15.5. The van der Waals surface area contributed by atoms with Gasteiger partial charge in [-0.15, -0.1) is 0 Å². The highest BCUT2D eigenvalue weighted by atomic mass is 19.4. The number of ketones is 1. The van der Waals surface area contributed by atoms with Crippen molar-refractivity contribution in [1.29, 1.82) is 0 Å². The van der Waals surface area contributed by atoms with Gasteiger partial charge in [-0.3, -0.25) is 4.79 Å². The lowest BCUT2D eigenvalue weighted by atomic mass is 10.1. The number of benzene rings is 1. The molecule has 0 amide bonds. The molecule has 0 bridgehead atoms. The van der Waals surface area contributed by atoms with Gasteiger partial charge in [-0.05, 0) is 36.4 Å². The summed E-state index contributed by atoms with van der Waals surface area (Å²) in [5.41, 5.74) is -0.341. The fourth-order valence-electron chi connectivity index (χ4n) is 1.72. The summed E-state index contributed by atoms with van der Waals surface area (Å²) < 4.78 is 38.0. The molecule has 0 aliphatic rings. The number of allylic oxidation sites excluding steroid dienone is 1. The number of hydrogen-bond acceptors (Lipinski definition) is 3. The van der Waals surface area contributed by atoms with E-state index in [0.717, 1.165) is 18.2 Å². The van der Waals surface area contributed by atoms with Crippen molar-refractivity contribution in [3.05, 3.63) is 66.4 Å². The molecule has 21 heavy (non-hydrogen) atoms. The summed E-state index contributed by atoms with van der Waals surface area (Å²) in [5.74, 6) is -0.181. The highest BCUT2D eigenvalue weighted by molar-refractivity contribution is 6.07. The second kappa shape index (κ2) is 5.78. The van der Waals surface area contributed by atoms with Crippen molar-refractivity contribution in [3.63, 3.8) is 0 Å². The molecule has 0 unspecified atom stereocenters. The molecular weight excluding hydrogens is 281 g/mol. The molecule has 0 fully saturated rings. The number of rotatable bonds is 4. The number of pyridine rings is 1. The number of halogens is 3. The van der Waals surface area contributed by atoms with Crippen LogP contribution in [0.15, 0.2) is 55.3 Å². The van der Waals surface area contributed by atoms with E-state index >= 15 is 0 Å². The average Bonchev–Trinajstić information content (AvgIpc) is 2.46. The van der Waals surface area contributed by atoms with Crippen molar-refractivity contribution in [1.82, 2.24) is 4.98 Å². The second-order valence-electron chi connectivity index (χ2n) is 4.17. The molecule has 2 aromatic rings. The van der Waals surface area contributed by atoms with Gasteiger partial charge >= 0.3 is 6.18 Å². The maximum Gasteiger partial charge on any atom is 0.416 e. The van der Waals surface area contributed by atoms with Crippen molar-refractivity contribution < 1.29 is 18.0 Å². The summed E-state index contributed by atoms with van der Waals surface area (Å²) in [6.45, 7) is 3.38. The Bertz CT molecular complexity index is 681. The van der Waals surface area contributed by atoms with E-state index in [1.54, 1.807) is 6.07 Å². The summed E-state index contributed by atoms with van der Waals surface area (Å²) in [6, 6.07) is 7.76. The van der Waals surface area contributed by atoms with E-state index in [2.05, 4.69) is 16.9 Å². The van der Waals surface area contributed by atoms with Crippen molar-refractivity contribution in [2.75, 3.05) is 5.32 Å². The minimum Gasteiger partial charge on any atom is -0.340 e. The van der Waals surface area contributed by atoms with E-state index < -0.39 is 11.7 Å². The Morgan fingerprint density at radius 2 is 2.00 bits per heavy atom. The SMILES string of the molecule is C=CC(=O)c1cccnc1Nc1cccc(C(F)(F)F)c1. The molecule has 6 heteroatoms. The van der Waals surface area contributed by atoms with Crippen LogP contribution in [-0.2, 0) is 6.18 Å². The van der Waals surface area contributed by atoms with E-state index in [9.17, 15) is 18.0 Å². The molecule has 1 N–H and O–H groups in total. The number of anilines is 2. The van der Waals surface area contributed by atoms with Crippen LogP contribution in [-0.4, -0.2) is 10.8 Å². The molecule has 0 radical (unpaired) electrons. The molecule has 0 spiro atoms. The summed E-state index contributed by atoms with van der Waals surface area (Å²) >= 11 is 0. The van der Waals surface area contributed by atoms with Gasteiger partial charge in [0.25, 0.3) is 0 Å². The lowest BCUT2D eigenvalue weighted by molar-refractivity contribution is -0.137. The molecule has 3 nitrogen and oxygen atoms in total. The number of aromatic nitrogens is 1. The molecule has 0 aliphatic carbocycles.